The third-order valence-electron chi connectivity index (χ3n) is 3.08. The summed E-state index contributed by atoms with van der Waals surface area (Å²) >= 11 is 4.87. The third-order valence-corrected chi connectivity index (χ3v) is 3.46. The summed E-state index contributed by atoms with van der Waals surface area (Å²) < 4.78 is 9.68. The Hall–Kier alpha value is -2.74. The second-order valence-corrected chi connectivity index (χ2v) is 5.00. The molecule has 0 saturated carbocycles. The first-order chi connectivity index (χ1) is 10.9. The zero-order valence-corrected chi connectivity index (χ0v) is 13.3. The molecule has 1 aliphatic rings. The molecular formula is C15H14N2O5S. The third kappa shape index (κ3) is 3.92. The van der Waals surface area contributed by atoms with Crippen molar-refractivity contribution in [3.8, 4) is 5.75 Å². The Morgan fingerprint density at radius 3 is 2.57 bits per heavy atom. The van der Waals surface area contributed by atoms with E-state index in [9.17, 15) is 14.4 Å². The molecule has 0 aromatic heterocycles. The number of carbonyl (C=O) groups excluding carboxylic acids is 3. The molecule has 23 heavy (non-hydrogen) atoms. The minimum Gasteiger partial charge on any atom is -0.482 e. The van der Waals surface area contributed by atoms with Crippen molar-refractivity contribution in [2.24, 2.45) is 0 Å². The van der Waals surface area contributed by atoms with Gasteiger partial charge in [-0.1, -0.05) is 12.1 Å². The van der Waals surface area contributed by atoms with Crippen LogP contribution in [0.25, 0.3) is 6.08 Å². The minimum absolute atomic E-state index is 0.00988. The van der Waals surface area contributed by atoms with Gasteiger partial charge in [0.05, 0.1) is 7.11 Å². The van der Waals surface area contributed by atoms with Gasteiger partial charge in [0.25, 0.3) is 11.8 Å². The van der Waals surface area contributed by atoms with Crippen LogP contribution in [0.5, 0.6) is 5.75 Å². The van der Waals surface area contributed by atoms with Crippen LogP contribution in [0.15, 0.2) is 29.8 Å². The second-order valence-electron chi connectivity index (χ2n) is 4.62. The van der Waals surface area contributed by atoms with Crippen molar-refractivity contribution < 1.29 is 23.9 Å². The lowest BCUT2D eigenvalue weighted by Gasteiger charge is -2.25. The molecule has 120 valence electrons. The standard InChI is InChI=1S/C15H14N2O5S/c1-17-14(20)11(13(19)16-15(17)23)7-9-3-5-10(6-4-9)22-8-12(18)21-2/h3-7H,8H2,1-2H3,(H,16,19,23)/b11-7+. The molecule has 2 amide bonds. The molecule has 2 rings (SSSR count). The molecule has 1 N–H and O–H groups in total. The largest absolute Gasteiger partial charge is 0.482 e. The number of ether oxygens (including phenoxy) is 2. The van der Waals surface area contributed by atoms with Crippen LogP contribution in [0, 0.1) is 0 Å². The van der Waals surface area contributed by atoms with Gasteiger partial charge < -0.3 is 9.47 Å². The SMILES string of the molecule is COC(=O)COc1ccc(/C=C2\C(=O)NC(=S)N(C)C2=O)cc1. The lowest BCUT2D eigenvalue weighted by Crippen LogP contribution is -2.52. The van der Waals surface area contributed by atoms with Crippen molar-refractivity contribution in [1.29, 1.82) is 0 Å². The lowest BCUT2D eigenvalue weighted by atomic mass is 10.1. The Balaban J connectivity index is 2.13. The van der Waals surface area contributed by atoms with Gasteiger partial charge in [0.1, 0.15) is 11.3 Å². The molecule has 1 aromatic rings. The van der Waals surface area contributed by atoms with Crippen molar-refractivity contribution in [3.05, 3.63) is 35.4 Å². The molecule has 1 heterocycles. The van der Waals surface area contributed by atoms with Crippen LogP contribution in [-0.2, 0) is 19.1 Å². The summed E-state index contributed by atoms with van der Waals surface area (Å²) in [7, 11) is 2.76. The average Bonchev–Trinajstić information content (AvgIpc) is 2.55. The normalized spacial score (nSPS) is 16.3. The molecule has 1 fully saturated rings. The molecule has 0 radical (unpaired) electrons. The van der Waals surface area contributed by atoms with Crippen molar-refractivity contribution in [2.75, 3.05) is 20.8 Å². The quantitative estimate of drug-likeness (QED) is 0.373. The molecule has 0 atom stereocenters. The number of esters is 1. The van der Waals surface area contributed by atoms with Crippen molar-refractivity contribution >= 4 is 41.2 Å². The monoisotopic (exact) mass is 334 g/mol. The smallest absolute Gasteiger partial charge is 0.343 e. The highest BCUT2D eigenvalue weighted by atomic mass is 32.1. The first-order valence-corrected chi connectivity index (χ1v) is 6.98. The highest BCUT2D eigenvalue weighted by Gasteiger charge is 2.30. The van der Waals surface area contributed by atoms with Crippen LogP contribution < -0.4 is 10.1 Å². The summed E-state index contributed by atoms with van der Waals surface area (Å²) in [5.41, 5.74) is 0.625. The molecule has 0 aliphatic carbocycles. The molecule has 7 nitrogen and oxygen atoms in total. The van der Waals surface area contributed by atoms with Gasteiger partial charge in [0.2, 0.25) is 0 Å². The minimum atomic E-state index is -0.538. The zero-order chi connectivity index (χ0) is 17.0. The Bertz CT molecular complexity index is 696. The van der Waals surface area contributed by atoms with E-state index in [0.717, 1.165) is 0 Å². The number of hydrogen-bond acceptors (Lipinski definition) is 6. The van der Waals surface area contributed by atoms with Crippen molar-refractivity contribution in [3.63, 3.8) is 0 Å². The van der Waals surface area contributed by atoms with E-state index in [1.807, 2.05) is 0 Å². The number of nitrogens with zero attached hydrogens (tertiary/aromatic N) is 1. The number of amides is 2. The number of methoxy groups -OCH3 is 1. The van der Waals surface area contributed by atoms with E-state index < -0.39 is 17.8 Å². The molecule has 0 spiro atoms. The molecule has 0 bridgehead atoms. The fraction of sp³-hybridized carbons (Fsp3) is 0.200. The van der Waals surface area contributed by atoms with Gasteiger partial charge in [-0.2, -0.15) is 0 Å². The summed E-state index contributed by atoms with van der Waals surface area (Å²) in [6.07, 6.45) is 1.46. The highest BCUT2D eigenvalue weighted by molar-refractivity contribution is 7.80. The first-order valence-electron chi connectivity index (χ1n) is 6.57. The molecule has 0 unspecified atom stereocenters. The van der Waals surface area contributed by atoms with Crippen LogP contribution in [0.1, 0.15) is 5.56 Å². The summed E-state index contributed by atoms with van der Waals surface area (Å²) in [6, 6.07) is 6.56. The van der Waals surface area contributed by atoms with Gasteiger partial charge in [-0.3, -0.25) is 19.8 Å². The Morgan fingerprint density at radius 1 is 1.30 bits per heavy atom. The van der Waals surface area contributed by atoms with Gasteiger partial charge in [-0.05, 0) is 36.0 Å². The van der Waals surface area contributed by atoms with Crippen molar-refractivity contribution in [1.82, 2.24) is 10.2 Å². The van der Waals surface area contributed by atoms with E-state index in [2.05, 4.69) is 10.1 Å². The van der Waals surface area contributed by atoms with E-state index >= 15 is 0 Å². The molecule has 8 heteroatoms. The van der Waals surface area contributed by atoms with Gasteiger partial charge in [0, 0.05) is 7.05 Å². The number of likely N-dealkylation sites (N-methyl/N-ethyl adjacent to an activating group) is 1. The number of hydrogen-bond donors (Lipinski definition) is 1. The van der Waals surface area contributed by atoms with Crippen LogP contribution in [-0.4, -0.2) is 48.6 Å². The topological polar surface area (TPSA) is 84.9 Å². The Labute approximate surface area is 137 Å². The van der Waals surface area contributed by atoms with Gasteiger partial charge in [-0.25, -0.2) is 4.79 Å². The van der Waals surface area contributed by atoms with E-state index in [-0.39, 0.29) is 17.3 Å². The van der Waals surface area contributed by atoms with E-state index in [1.165, 1.54) is 25.1 Å². The fourth-order valence-corrected chi connectivity index (χ4v) is 1.95. The summed E-state index contributed by atoms with van der Waals surface area (Å²) in [4.78, 5) is 36.1. The van der Waals surface area contributed by atoms with E-state index in [0.29, 0.717) is 11.3 Å². The number of thiocarbonyl (C=S) groups is 1. The number of rotatable bonds is 4. The average molecular weight is 334 g/mol. The second kappa shape index (κ2) is 7.01. The summed E-state index contributed by atoms with van der Waals surface area (Å²) in [5, 5.41) is 2.51. The van der Waals surface area contributed by atoms with Crippen molar-refractivity contribution in [2.45, 2.75) is 0 Å². The number of nitrogens with one attached hydrogen (secondary N) is 1. The lowest BCUT2D eigenvalue weighted by molar-refractivity contribution is -0.143. The van der Waals surface area contributed by atoms with E-state index in [1.54, 1.807) is 24.3 Å². The molecule has 1 saturated heterocycles. The maximum atomic E-state index is 12.1. The van der Waals surface area contributed by atoms with E-state index in [4.69, 9.17) is 17.0 Å². The summed E-state index contributed by atoms with van der Waals surface area (Å²) in [6.45, 7) is -0.194. The maximum absolute atomic E-state index is 12.1. The molecular weight excluding hydrogens is 320 g/mol. The van der Waals surface area contributed by atoms with Crippen LogP contribution in [0.4, 0.5) is 0 Å². The highest BCUT2D eigenvalue weighted by Crippen LogP contribution is 2.17. The number of carbonyl (C=O) groups is 3. The summed E-state index contributed by atoms with van der Waals surface area (Å²) in [5.74, 6) is -1.02. The van der Waals surface area contributed by atoms with Crippen LogP contribution >= 0.6 is 12.2 Å². The van der Waals surface area contributed by atoms with Gasteiger partial charge in [0.15, 0.2) is 11.7 Å². The predicted octanol–water partition coefficient (Wildman–Crippen LogP) is 0.495. The van der Waals surface area contributed by atoms with Crippen LogP contribution in [0.2, 0.25) is 0 Å². The number of benzene rings is 1. The first kappa shape index (κ1) is 16.6. The fourth-order valence-electron chi connectivity index (χ4n) is 1.77. The Kier molecular flexibility index (Phi) is 5.07. The van der Waals surface area contributed by atoms with Crippen LogP contribution in [0.3, 0.4) is 0 Å². The molecule has 1 aliphatic heterocycles. The maximum Gasteiger partial charge on any atom is 0.343 e. The molecule has 1 aromatic carbocycles. The van der Waals surface area contributed by atoms with Gasteiger partial charge >= 0.3 is 5.97 Å². The Morgan fingerprint density at radius 2 is 1.96 bits per heavy atom. The van der Waals surface area contributed by atoms with Gasteiger partial charge in [-0.15, -0.1) is 0 Å². The predicted molar refractivity (Wildman–Crippen MR) is 85.4 cm³/mol. The zero-order valence-electron chi connectivity index (χ0n) is 12.5.